The lowest BCUT2D eigenvalue weighted by atomic mass is 10.1. The lowest BCUT2D eigenvalue weighted by Gasteiger charge is -2.32. The van der Waals surface area contributed by atoms with Crippen LogP contribution in [0, 0.1) is 6.92 Å². The number of nitrogens with zero attached hydrogens (tertiary/aromatic N) is 6. The molecule has 1 saturated heterocycles. The quantitative estimate of drug-likeness (QED) is 0.472. The van der Waals surface area contributed by atoms with E-state index < -0.39 is 0 Å². The van der Waals surface area contributed by atoms with Gasteiger partial charge in [0.1, 0.15) is 12.4 Å². The van der Waals surface area contributed by atoms with Gasteiger partial charge in [-0.1, -0.05) is 35.5 Å². The maximum Gasteiger partial charge on any atom is 0.258 e. The minimum Gasteiger partial charge on any atom is -0.474 e. The fourth-order valence-electron chi connectivity index (χ4n) is 3.09. The van der Waals surface area contributed by atoms with Gasteiger partial charge in [0.05, 0.1) is 11.8 Å². The third kappa shape index (κ3) is 4.84. The van der Waals surface area contributed by atoms with E-state index in [1.165, 1.54) is 6.33 Å². The van der Waals surface area contributed by atoms with Crippen LogP contribution in [0.2, 0.25) is 0 Å². The van der Waals surface area contributed by atoms with Crippen molar-refractivity contribution in [2.24, 2.45) is 5.16 Å². The van der Waals surface area contributed by atoms with E-state index in [0.29, 0.717) is 11.8 Å². The van der Waals surface area contributed by atoms with Crippen molar-refractivity contribution in [3.05, 3.63) is 66.2 Å². The van der Waals surface area contributed by atoms with Gasteiger partial charge in [-0.05, 0) is 18.6 Å². The SMILES string of the molecule is Cc1c(ON=Cc2ccccc2)ncnc1OC1CCN(c2ncccn2)CC1. The number of hydrogen-bond donors (Lipinski definition) is 0. The Labute approximate surface area is 169 Å². The van der Waals surface area contributed by atoms with Crippen molar-refractivity contribution in [3.8, 4) is 11.8 Å². The molecule has 3 heterocycles. The fourth-order valence-corrected chi connectivity index (χ4v) is 3.09. The summed E-state index contributed by atoms with van der Waals surface area (Å²) in [6.45, 7) is 3.54. The molecule has 29 heavy (non-hydrogen) atoms. The third-order valence-electron chi connectivity index (χ3n) is 4.69. The Bertz CT molecular complexity index is 944. The fraction of sp³-hybridized carbons (Fsp3) is 0.286. The second-order valence-electron chi connectivity index (χ2n) is 6.70. The van der Waals surface area contributed by atoms with Gasteiger partial charge in [-0.2, -0.15) is 4.98 Å². The zero-order valence-corrected chi connectivity index (χ0v) is 16.2. The molecular weight excluding hydrogens is 368 g/mol. The molecule has 8 nitrogen and oxygen atoms in total. The Balaban J connectivity index is 1.35. The van der Waals surface area contributed by atoms with Crippen molar-refractivity contribution in [1.29, 1.82) is 0 Å². The van der Waals surface area contributed by atoms with Crippen molar-refractivity contribution in [1.82, 2.24) is 19.9 Å². The van der Waals surface area contributed by atoms with Crippen LogP contribution in [0.25, 0.3) is 0 Å². The predicted octanol–water partition coefficient (Wildman–Crippen LogP) is 3.04. The van der Waals surface area contributed by atoms with Gasteiger partial charge in [-0.25, -0.2) is 15.0 Å². The molecule has 0 atom stereocenters. The molecule has 0 bridgehead atoms. The van der Waals surface area contributed by atoms with Gasteiger partial charge in [0, 0.05) is 38.3 Å². The smallest absolute Gasteiger partial charge is 0.258 e. The van der Waals surface area contributed by atoms with Crippen LogP contribution < -0.4 is 14.5 Å². The van der Waals surface area contributed by atoms with Crippen molar-refractivity contribution in [2.75, 3.05) is 18.0 Å². The average Bonchev–Trinajstić information content (AvgIpc) is 2.78. The van der Waals surface area contributed by atoms with Gasteiger partial charge in [-0.3, -0.25) is 0 Å². The summed E-state index contributed by atoms with van der Waals surface area (Å²) < 4.78 is 6.13. The summed E-state index contributed by atoms with van der Waals surface area (Å²) in [5.41, 5.74) is 1.68. The van der Waals surface area contributed by atoms with Gasteiger partial charge in [0.25, 0.3) is 5.88 Å². The maximum absolute atomic E-state index is 6.13. The first-order valence-electron chi connectivity index (χ1n) is 9.55. The number of anilines is 1. The maximum atomic E-state index is 6.13. The third-order valence-corrected chi connectivity index (χ3v) is 4.69. The Hall–Kier alpha value is -3.55. The molecule has 0 N–H and O–H groups in total. The predicted molar refractivity (Wildman–Crippen MR) is 109 cm³/mol. The highest BCUT2D eigenvalue weighted by Gasteiger charge is 2.23. The molecule has 1 fully saturated rings. The Morgan fingerprint density at radius 2 is 1.69 bits per heavy atom. The highest BCUT2D eigenvalue weighted by molar-refractivity contribution is 5.78. The van der Waals surface area contributed by atoms with E-state index in [1.807, 2.05) is 43.3 Å². The molecular formula is C21H22N6O2. The molecule has 148 valence electrons. The molecule has 0 spiro atoms. The van der Waals surface area contributed by atoms with E-state index in [2.05, 4.69) is 30.0 Å². The first-order chi connectivity index (χ1) is 14.3. The van der Waals surface area contributed by atoms with Gasteiger partial charge in [0.2, 0.25) is 11.8 Å². The molecule has 0 amide bonds. The van der Waals surface area contributed by atoms with E-state index in [0.717, 1.165) is 43.0 Å². The van der Waals surface area contributed by atoms with Crippen molar-refractivity contribution in [3.63, 3.8) is 0 Å². The van der Waals surface area contributed by atoms with Gasteiger partial charge < -0.3 is 14.5 Å². The molecule has 3 aromatic rings. The highest BCUT2D eigenvalue weighted by Crippen LogP contribution is 2.26. The zero-order chi connectivity index (χ0) is 19.9. The van der Waals surface area contributed by atoms with E-state index in [9.17, 15) is 0 Å². The molecule has 1 aliphatic heterocycles. The first-order valence-corrected chi connectivity index (χ1v) is 9.55. The number of ether oxygens (including phenoxy) is 1. The minimum absolute atomic E-state index is 0.0734. The molecule has 0 unspecified atom stereocenters. The topological polar surface area (TPSA) is 85.6 Å². The molecule has 0 aliphatic carbocycles. The van der Waals surface area contributed by atoms with Gasteiger partial charge in [-0.15, -0.1) is 0 Å². The number of piperidine rings is 1. The molecule has 0 radical (unpaired) electrons. The number of aromatic nitrogens is 4. The second kappa shape index (κ2) is 9.09. The van der Waals surface area contributed by atoms with E-state index in [4.69, 9.17) is 9.57 Å². The monoisotopic (exact) mass is 390 g/mol. The Morgan fingerprint density at radius 3 is 2.45 bits per heavy atom. The molecule has 2 aromatic heterocycles. The second-order valence-corrected chi connectivity index (χ2v) is 6.70. The number of benzene rings is 1. The normalized spacial score (nSPS) is 14.9. The molecule has 1 aliphatic rings. The summed E-state index contributed by atoms with van der Waals surface area (Å²) >= 11 is 0. The summed E-state index contributed by atoms with van der Waals surface area (Å²) in [4.78, 5) is 24.7. The highest BCUT2D eigenvalue weighted by atomic mass is 16.6. The van der Waals surface area contributed by atoms with E-state index in [1.54, 1.807) is 18.6 Å². The number of oxime groups is 1. The summed E-state index contributed by atoms with van der Waals surface area (Å²) in [5, 5.41) is 4.01. The van der Waals surface area contributed by atoms with Gasteiger partial charge >= 0.3 is 0 Å². The van der Waals surface area contributed by atoms with Crippen LogP contribution in [0.3, 0.4) is 0 Å². The zero-order valence-electron chi connectivity index (χ0n) is 16.2. The largest absolute Gasteiger partial charge is 0.474 e. The molecule has 0 saturated carbocycles. The van der Waals surface area contributed by atoms with E-state index in [-0.39, 0.29) is 6.10 Å². The molecule has 1 aromatic carbocycles. The summed E-state index contributed by atoms with van der Waals surface area (Å²) in [7, 11) is 0. The van der Waals surface area contributed by atoms with Crippen LogP contribution >= 0.6 is 0 Å². The summed E-state index contributed by atoms with van der Waals surface area (Å²) in [5.74, 6) is 1.67. The van der Waals surface area contributed by atoms with Crippen molar-refractivity contribution in [2.45, 2.75) is 25.9 Å². The van der Waals surface area contributed by atoms with Crippen LogP contribution in [0.5, 0.6) is 11.8 Å². The van der Waals surface area contributed by atoms with Crippen LogP contribution in [-0.4, -0.2) is 45.3 Å². The van der Waals surface area contributed by atoms with Crippen molar-refractivity contribution < 1.29 is 9.57 Å². The Morgan fingerprint density at radius 1 is 0.966 bits per heavy atom. The van der Waals surface area contributed by atoms with Crippen LogP contribution in [-0.2, 0) is 0 Å². The average molecular weight is 390 g/mol. The molecule has 4 rings (SSSR count). The number of hydrogen-bond acceptors (Lipinski definition) is 8. The Kier molecular flexibility index (Phi) is 5.89. The van der Waals surface area contributed by atoms with Crippen molar-refractivity contribution >= 4 is 12.2 Å². The number of rotatable bonds is 6. The van der Waals surface area contributed by atoms with Gasteiger partial charge in [0.15, 0.2) is 0 Å². The minimum atomic E-state index is 0.0734. The summed E-state index contributed by atoms with van der Waals surface area (Å²) in [6.07, 6.45) is 8.40. The summed E-state index contributed by atoms with van der Waals surface area (Å²) in [6, 6.07) is 11.5. The van der Waals surface area contributed by atoms with Crippen LogP contribution in [0.4, 0.5) is 5.95 Å². The van der Waals surface area contributed by atoms with Crippen LogP contribution in [0.15, 0.2) is 60.3 Å². The first kappa shape index (κ1) is 18.8. The standard InChI is InChI=1S/C21H22N6O2/c1-16-19(24-15-25-20(16)29-26-14-17-6-3-2-4-7-17)28-18-8-12-27(13-9-18)21-22-10-5-11-23-21/h2-7,10-11,14-15,18H,8-9,12-13H2,1H3. The lowest BCUT2D eigenvalue weighted by Crippen LogP contribution is -2.39. The lowest BCUT2D eigenvalue weighted by molar-refractivity contribution is 0.160. The van der Waals surface area contributed by atoms with Crippen LogP contribution in [0.1, 0.15) is 24.0 Å². The molecule has 8 heteroatoms. The van der Waals surface area contributed by atoms with E-state index >= 15 is 0 Å².